The summed E-state index contributed by atoms with van der Waals surface area (Å²) in [6.45, 7) is 2.37. The number of hydrogen-bond donors (Lipinski definition) is 1. The molecule has 0 bridgehead atoms. The Kier molecular flexibility index (Phi) is 6.27. The van der Waals surface area contributed by atoms with Gasteiger partial charge in [0.05, 0.1) is 11.5 Å². The van der Waals surface area contributed by atoms with Gasteiger partial charge in [-0.05, 0) is 11.6 Å². The molecule has 0 atom stereocenters. The number of aromatic amines is 1. The molecule has 0 aliphatic carbocycles. The Morgan fingerprint density at radius 1 is 1.00 bits per heavy atom. The lowest BCUT2D eigenvalue weighted by Gasteiger charge is -2.42. The number of piperazine rings is 1. The van der Waals surface area contributed by atoms with Gasteiger partial charge in [0.1, 0.15) is 5.56 Å². The monoisotopic (exact) mass is 490 g/mol. The van der Waals surface area contributed by atoms with E-state index in [1.54, 1.807) is 9.80 Å². The number of carbonyl (C=O) groups excluding carboxylic acids is 1. The summed E-state index contributed by atoms with van der Waals surface area (Å²) in [6.07, 6.45) is -6.58. The van der Waals surface area contributed by atoms with Crippen LogP contribution in [0.15, 0.2) is 29.5 Å². The molecule has 8 nitrogen and oxygen atoms in total. The minimum absolute atomic E-state index is 0.0818. The van der Waals surface area contributed by atoms with E-state index in [2.05, 4.69) is 15.0 Å². The summed E-state index contributed by atoms with van der Waals surface area (Å²) in [5, 5.41) is 0. The molecule has 2 aromatic heterocycles. The number of nitrogens with zero attached hydrogens (tertiary/aromatic N) is 5. The zero-order chi connectivity index (χ0) is 24.7. The van der Waals surface area contributed by atoms with Crippen molar-refractivity contribution in [2.75, 3.05) is 44.2 Å². The first kappa shape index (κ1) is 24.0. The lowest BCUT2D eigenvalue weighted by molar-refractivity contribution is -0.141. The van der Waals surface area contributed by atoms with Crippen LogP contribution in [-0.2, 0) is 23.7 Å². The molecule has 2 aromatic rings. The van der Waals surface area contributed by atoms with Crippen LogP contribution in [0.3, 0.4) is 0 Å². The Morgan fingerprint density at radius 3 is 2.18 bits per heavy atom. The quantitative estimate of drug-likeness (QED) is 0.660. The van der Waals surface area contributed by atoms with E-state index >= 15 is 0 Å². The fraction of sp³-hybridized carbons (Fsp3) is 0.500. The Balaban J connectivity index is 1.26. The molecule has 0 aromatic carbocycles. The molecule has 2 aliphatic heterocycles. The highest BCUT2D eigenvalue weighted by molar-refractivity contribution is 5.80. The summed E-state index contributed by atoms with van der Waals surface area (Å²) in [7, 11) is 0. The smallest absolute Gasteiger partial charge is 0.339 e. The molecule has 1 amide bonds. The first-order valence-corrected chi connectivity index (χ1v) is 10.4. The predicted octanol–water partition coefficient (Wildman–Crippen LogP) is 1.98. The van der Waals surface area contributed by atoms with Crippen LogP contribution in [0.1, 0.15) is 16.7 Å². The van der Waals surface area contributed by atoms with E-state index in [1.165, 1.54) is 6.20 Å². The van der Waals surface area contributed by atoms with Gasteiger partial charge in [-0.15, -0.1) is 0 Å². The van der Waals surface area contributed by atoms with E-state index in [4.69, 9.17) is 0 Å². The largest absolute Gasteiger partial charge is 0.421 e. The summed E-state index contributed by atoms with van der Waals surface area (Å²) in [5.74, 6) is -0.213. The van der Waals surface area contributed by atoms with Gasteiger partial charge in [-0.1, -0.05) is 0 Å². The summed E-state index contributed by atoms with van der Waals surface area (Å²) in [6, 6.07) is 0.816. The van der Waals surface area contributed by atoms with Gasteiger partial charge in [-0.2, -0.15) is 26.3 Å². The number of halogens is 6. The van der Waals surface area contributed by atoms with E-state index in [1.807, 2.05) is 4.90 Å². The van der Waals surface area contributed by atoms with E-state index in [0.717, 1.165) is 18.5 Å². The van der Waals surface area contributed by atoms with Crippen molar-refractivity contribution in [1.29, 1.82) is 0 Å². The number of carbonyl (C=O) groups is 1. The van der Waals surface area contributed by atoms with Gasteiger partial charge in [-0.25, -0.2) is 9.97 Å². The molecule has 0 saturated carbocycles. The maximum absolute atomic E-state index is 12.9. The highest BCUT2D eigenvalue weighted by atomic mass is 19.4. The van der Waals surface area contributed by atoms with E-state index in [0.29, 0.717) is 44.8 Å². The number of likely N-dealkylation sites (tertiary alicyclic amines) is 1. The molecule has 0 spiro atoms. The van der Waals surface area contributed by atoms with Crippen LogP contribution in [-0.4, -0.2) is 69.9 Å². The topological polar surface area (TPSA) is 85.4 Å². The summed E-state index contributed by atoms with van der Waals surface area (Å²) >= 11 is 0. The van der Waals surface area contributed by atoms with Gasteiger partial charge in [0.2, 0.25) is 11.9 Å². The Bertz CT molecular complexity index is 1090. The van der Waals surface area contributed by atoms with Crippen molar-refractivity contribution in [1.82, 2.24) is 24.8 Å². The molecule has 2 fully saturated rings. The number of nitrogens with one attached hydrogen (secondary N) is 1. The second-order valence-electron chi connectivity index (χ2n) is 8.22. The second-order valence-corrected chi connectivity index (χ2v) is 8.22. The number of anilines is 1. The summed E-state index contributed by atoms with van der Waals surface area (Å²) in [4.78, 5) is 38.9. The van der Waals surface area contributed by atoms with Crippen LogP contribution < -0.4 is 10.5 Å². The average Bonchev–Trinajstić information content (AvgIpc) is 2.75. The van der Waals surface area contributed by atoms with Crippen molar-refractivity contribution >= 4 is 11.9 Å². The molecule has 4 rings (SSSR count). The number of amides is 1. The van der Waals surface area contributed by atoms with Crippen molar-refractivity contribution in [3.63, 3.8) is 0 Å². The zero-order valence-electron chi connectivity index (χ0n) is 17.7. The summed E-state index contributed by atoms with van der Waals surface area (Å²) < 4.78 is 76.6. The molecule has 34 heavy (non-hydrogen) atoms. The normalized spacial score (nSPS) is 18.2. The first-order chi connectivity index (χ1) is 15.9. The molecule has 4 heterocycles. The molecule has 2 aliphatic rings. The van der Waals surface area contributed by atoms with Gasteiger partial charge < -0.3 is 14.8 Å². The molecule has 0 radical (unpaired) electrons. The van der Waals surface area contributed by atoms with Crippen LogP contribution in [0.5, 0.6) is 0 Å². The van der Waals surface area contributed by atoms with Crippen LogP contribution >= 0.6 is 0 Å². The van der Waals surface area contributed by atoms with Crippen LogP contribution in [0.25, 0.3) is 0 Å². The fourth-order valence-corrected chi connectivity index (χ4v) is 3.96. The molecular weight excluding hydrogens is 470 g/mol. The predicted molar refractivity (Wildman–Crippen MR) is 107 cm³/mol. The third-order valence-electron chi connectivity index (χ3n) is 5.82. The van der Waals surface area contributed by atoms with Crippen molar-refractivity contribution in [3.8, 4) is 0 Å². The highest BCUT2D eigenvalue weighted by Gasteiger charge is 2.38. The SMILES string of the molecule is O=C(C1CN(Cc2c[nH]c(=O)c(C(F)(F)F)c2)C1)N1CCN(c2ncc(C(F)(F)F)cn2)CC1. The van der Waals surface area contributed by atoms with Crippen LogP contribution in [0.2, 0.25) is 0 Å². The number of rotatable bonds is 4. The highest BCUT2D eigenvalue weighted by Crippen LogP contribution is 2.29. The Hall–Kier alpha value is -3.16. The molecule has 1 N–H and O–H groups in total. The molecule has 184 valence electrons. The number of H-pyrrole nitrogens is 1. The van der Waals surface area contributed by atoms with Crippen molar-refractivity contribution in [2.24, 2.45) is 5.92 Å². The third-order valence-corrected chi connectivity index (χ3v) is 5.82. The van der Waals surface area contributed by atoms with Crippen molar-refractivity contribution in [2.45, 2.75) is 18.9 Å². The maximum Gasteiger partial charge on any atom is 0.421 e. The number of hydrogen-bond acceptors (Lipinski definition) is 6. The summed E-state index contributed by atoms with van der Waals surface area (Å²) in [5.41, 5.74) is -3.10. The molecule has 2 saturated heterocycles. The van der Waals surface area contributed by atoms with Crippen molar-refractivity contribution in [3.05, 3.63) is 51.7 Å². The third kappa shape index (κ3) is 5.16. The van der Waals surface area contributed by atoms with Crippen molar-refractivity contribution < 1.29 is 31.1 Å². The molecule has 0 unspecified atom stereocenters. The van der Waals surface area contributed by atoms with Crippen LogP contribution in [0, 0.1) is 5.92 Å². The first-order valence-electron chi connectivity index (χ1n) is 10.4. The standard InChI is InChI=1S/C20H20F6N6O2/c21-19(22,23)14-7-28-18(29-8-14)32-3-1-31(2-4-32)17(34)13-10-30(11-13)9-12-5-15(20(24,25)26)16(33)27-6-12/h5-8,13H,1-4,9-11H2,(H,27,33). The Morgan fingerprint density at radius 2 is 1.62 bits per heavy atom. The number of pyridine rings is 1. The fourth-order valence-electron chi connectivity index (χ4n) is 3.96. The molecule has 14 heteroatoms. The zero-order valence-corrected chi connectivity index (χ0v) is 17.7. The number of alkyl halides is 6. The van der Waals surface area contributed by atoms with E-state index in [-0.39, 0.29) is 24.3 Å². The minimum atomic E-state index is -4.75. The minimum Gasteiger partial charge on any atom is -0.339 e. The average molecular weight is 490 g/mol. The second kappa shape index (κ2) is 8.89. The molecular formula is C20H20F6N6O2. The number of aromatic nitrogens is 3. The van der Waals surface area contributed by atoms with Gasteiger partial charge in [0.15, 0.2) is 0 Å². The van der Waals surface area contributed by atoms with Gasteiger partial charge in [-0.3, -0.25) is 14.5 Å². The lowest BCUT2D eigenvalue weighted by atomic mass is 9.97. The van der Waals surface area contributed by atoms with E-state index in [9.17, 15) is 35.9 Å². The Labute approximate surface area is 189 Å². The van der Waals surface area contributed by atoms with E-state index < -0.39 is 29.0 Å². The lowest BCUT2D eigenvalue weighted by Crippen LogP contribution is -2.57. The van der Waals surface area contributed by atoms with Crippen LogP contribution in [0.4, 0.5) is 32.3 Å². The van der Waals surface area contributed by atoms with Gasteiger partial charge in [0.25, 0.3) is 5.56 Å². The van der Waals surface area contributed by atoms with Gasteiger partial charge >= 0.3 is 12.4 Å². The maximum atomic E-state index is 12.9. The van der Waals surface area contributed by atoms with Gasteiger partial charge in [0, 0.05) is 64.4 Å².